The predicted molar refractivity (Wildman–Crippen MR) is 94.4 cm³/mol. The summed E-state index contributed by atoms with van der Waals surface area (Å²) >= 11 is 0. The fraction of sp³-hybridized carbons (Fsp3) is 0.833. The normalized spacial score (nSPS) is 16.8. The molecule has 0 atom stereocenters. The number of hydrogen-bond donors (Lipinski definition) is 1. The molecule has 1 rings (SSSR count). The van der Waals surface area contributed by atoms with Crippen molar-refractivity contribution in [3.63, 3.8) is 0 Å². The monoisotopic (exact) mass is 323 g/mol. The topological polar surface area (TPSA) is 44.8 Å². The van der Waals surface area contributed by atoms with E-state index in [1.807, 2.05) is 27.7 Å². The molecule has 0 spiro atoms. The highest BCUT2D eigenvalue weighted by Crippen LogP contribution is 2.11. The van der Waals surface area contributed by atoms with Crippen LogP contribution in [0.2, 0.25) is 0 Å². The maximum atomic E-state index is 12.0. The molecule has 0 aromatic heterocycles. The average Bonchev–Trinajstić information content (AvgIpc) is 2.47. The van der Waals surface area contributed by atoms with Gasteiger partial charge in [0.25, 0.3) is 0 Å². The van der Waals surface area contributed by atoms with Crippen LogP contribution in [0.1, 0.15) is 47.0 Å². The third-order valence-corrected chi connectivity index (χ3v) is 3.97. The summed E-state index contributed by atoms with van der Waals surface area (Å²) in [6.45, 7) is 12.9. The number of rotatable bonds is 7. The first-order chi connectivity index (χ1) is 10.9. The molecule has 1 fully saturated rings. The van der Waals surface area contributed by atoms with E-state index in [9.17, 15) is 4.79 Å². The number of carbonyl (C=O) groups is 1. The minimum atomic E-state index is -0.435. The van der Waals surface area contributed by atoms with E-state index in [4.69, 9.17) is 11.2 Å². The van der Waals surface area contributed by atoms with Crippen molar-refractivity contribution in [1.82, 2.24) is 15.1 Å². The largest absolute Gasteiger partial charge is 0.444 e. The van der Waals surface area contributed by atoms with Crippen molar-refractivity contribution in [3.05, 3.63) is 0 Å². The lowest BCUT2D eigenvalue weighted by molar-refractivity contribution is 0.0258. The molecule has 0 bridgehead atoms. The summed E-state index contributed by atoms with van der Waals surface area (Å²) in [5, 5.41) is 3.59. The Kier molecular flexibility index (Phi) is 8.43. The zero-order chi connectivity index (χ0) is 17.3. The molecule has 0 saturated carbocycles. The van der Waals surface area contributed by atoms with Crippen LogP contribution in [0, 0.1) is 12.3 Å². The molecule has 1 heterocycles. The smallest absolute Gasteiger partial charge is 0.410 e. The highest BCUT2D eigenvalue weighted by molar-refractivity contribution is 5.68. The van der Waals surface area contributed by atoms with Crippen LogP contribution < -0.4 is 5.32 Å². The number of amides is 1. The number of terminal acetylenes is 1. The number of nitrogens with one attached hydrogen (secondary N) is 1. The molecule has 0 radical (unpaired) electrons. The molecule has 0 aromatic rings. The van der Waals surface area contributed by atoms with Crippen molar-refractivity contribution in [2.75, 3.05) is 39.3 Å². The van der Waals surface area contributed by atoms with Gasteiger partial charge in [-0.25, -0.2) is 4.79 Å². The molecule has 5 heteroatoms. The number of ether oxygens (including phenoxy) is 1. The standard InChI is InChI=1S/C18H33N3O2/c1-6-12-20-14-9-16(10-15-20)19-11-8-13-21(7-2)17(22)23-18(3,4)5/h1,16,19H,7-15H2,2-5H3. The summed E-state index contributed by atoms with van der Waals surface area (Å²) in [5.74, 6) is 2.71. The fourth-order valence-corrected chi connectivity index (χ4v) is 2.71. The molecule has 0 aromatic carbocycles. The predicted octanol–water partition coefficient (Wildman–Crippen LogP) is 2.32. The zero-order valence-electron chi connectivity index (χ0n) is 15.2. The lowest BCUT2D eigenvalue weighted by Crippen LogP contribution is -2.43. The van der Waals surface area contributed by atoms with Gasteiger partial charge in [-0.2, -0.15) is 0 Å². The molecule has 0 aliphatic carbocycles. The van der Waals surface area contributed by atoms with E-state index < -0.39 is 5.60 Å². The highest BCUT2D eigenvalue weighted by atomic mass is 16.6. The summed E-state index contributed by atoms with van der Waals surface area (Å²) in [5.41, 5.74) is -0.435. The summed E-state index contributed by atoms with van der Waals surface area (Å²) in [6, 6.07) is 0.570. The van der Waals surface area contributed by atoms with Gasteiger partial charge in [0.1, 0.15) is 5.60 Å². The van der Waals surface area contributed by atoms with Crippen LogP contribution >= 0.6 is 0 Å². The Morgan fingerprint density at radius 1 is 1.39 bits per heavy atom. The second-order valence-electron chi connectivity index (χ2n) is 7.12. The van der Waals surface area contributed by atoms with E-state index in [1.165, 1.54) is 0 Å². The Hall–Kier alpha value is -1.25. The van der Waals surface area contributed by atoms with E-state index in [0.717, 1.165) is 52.0 Å². The van der Waals surface area contributed by atoms with Gasteiger partial charge < -0.3 is 15.0 Å². The molecule has 1 aliphatic heterocycles. The van der Waals surface area contributed by atoms with Crippen molar-refractivity contribution in [3.8, 4) is 12.3 Å². The summed E-state index contributed by atoms with van der Waals surface area (Å²) in [6.07, 6.45) is 8.36. The molecule has 5 nitrogen and oxygen atoms in total. The molecule has 0 unspecified atom stereocenters. The Balaban J connectivity index is 2.18. The summed E-state index contributed by atoms with van der Waals surface area (Å²) in [4.78, 5) is 16.1. The quantitative estimate of drug-likeness (QED) is 0.577. The summed E-state index contributed by atoms with van der Waals surface area (Å²) < 4.78 is 5.42. The SMILES string of the molecule is C#CCN1CCC(NCCCN(CC)C(=O)OC(C)(C)C)CC1. The molecule has 1 N–H and O–H groups in total. The van der Waals surface area contributed by atoms with Crippen LogP contribution in [0.3, 0.4) is 0 Å². The van der Waals surface area contributed by atoms with Gasteiger partial charge >= 0.3 is 6.09 Å². The zero-order valence-corrected chi connectivity index (χ0v) is 15.2. The third-order valence-electron chi connectivity index (χ3n) is 3.97. The van der Waals surface area contributed by atoms with Crippen LogP contribution in [0.4, 0.5) is 4.79 Å². The average molecular weight is 323 g/mol. The van der Waals surface area contributed by atoms with Crippen LogP contribution in [-0.4, -0.2) is 66.8 Å². The van der Waals surface area contributed by atoms with Gasteiger partial charge in [0.15, 0.2) is 0 Å². The Morgan fingerprint density at radius 2 is 2.04 bits per heavy atom. The van der Waals surface area contributed by atoms with Crippen LogP contribution in [0.5, 0.6) is 0 Å². The number of piperidine rings is 1. The number of carbonyl (C=O) groups excluding carboxylic acids is 1. The molecular weight excluding hydrogens is 290 g/mol. The highest BCUT2D eigenvalue weighted by Gasteiger charge is 2.21. The number of hydrogen-bond acceptors (Lipinski definition) is 4. The first kappa shape index (κ1) is 19.8. The van der Waals surface area contributed by atoms with Gasteiger partial charge in [0, 0.05) is 32.2 Å². The van der Waals surface area contributed by atoms with Crippen molar-refractivity contribution in [2.45, 2.75) is 58.6 Å². The molecule has 1 saturated heterocycles. The minimum Gasteiger partial charge on any atom is -0.444 e. The van der Waals surface area contributed by atoms with Crippen molar-refractivity contribution < 1.29 is 9.53 Å². The Bertz CT molecular complexity index is 390. The number of nitrogens with zero attached hydrogens (tertiary/aromatic N) is 2. The van der Waals surface area contributed by atoms with Crippen LogP contribution in [-0.2, 0) is 4.74 Å². The van der Waals surface area contributed by atoms with Gasteiger partial charge in [-0.3, -0.25) is 4.90 Å². The van der Waals surface area contributed by atoms with E-state index in [-0.39, 0.29) is 6.09 Å². The summed E-state index contributed by atoms with van der Waals surface area (Å²) in [7, 11) is 0. The molecule has 132 valence electrons. The minimum absolute atomic E-state index is 0.220. The van der Waals surface area contributed by atoms with E-state index in [1.54, 1.807) is 4.90 Å². The van der Waals surface area contributed by atoms with Crippen LogP contribution in [0.25, 0.3) is 0 Å². The van der Waals surface area contributed by atoms with Crippen molar-refractivity contribution in [2.24, 2.45) is 0 Å². The van der Waals surface area contributed by atoms with Crippen molar-refractivity contribution in [1.29, 1.82) is 0 Å². The van der Waals surface area contributed by atoms with Gasteiger partial charge in [-0.05, 0) is 53.5 Å². The lowest BCUT2D eigenvalue weighted by atomic mass is 10.1. The lowest BCUT2D eigenvalue weighted by Gasteiger charge is -2.31. The molecule has 1 amide bonds. The second kappa shape index (κ2) is 9.79. The van der Waals surface area contributed by atoms with Gasteiger partial charge in [0.2, 0.25) is 0 Å². The van der Waals surface area contributed by atoms with Gasteiger partial charge in [-0.1, -0.05) is 5.92 Å². The Morgan fingerprint density at radius 3 is 2.57 bits per heavy atom. The second-order valence-corrected chi connectivity index (χ2v) is 7.12. The maximum Gasteiger partial charge on any atom is 0.410 e. The molecular formula is C18H33N3O2. The van der Waals surface area contributed by atoms with Gasteiger partial charge in [-0.15, -0.1) is 6.42 Å². The van der Waals surface area contributed by atoms with Crippen molar-refractivity contribution >= 4 is 6.09 Å². The van der Waals surface area contributed by atoms with E-state index >= 15 is 0 Å². The number of likely N-dealkylation sites (tertiary alicyclic amines) is 1. The van der Waals surface area contributed by atoms with E-state index in [2.05, 4.69) is 16.1 Å². The van der Waals surface area contributed by atoms with Crippen LogP contribution in [0.15, 0.2) is 0 Å². The first-order valence-electron chi connectivity index (χ1n) is 8.73. The Labute approximate surface area is 141 Å². The fourth-order valence-electron chi connectivity index (χ4n) is 2.71. The van der Waals surface area contributed by atoms with Gasteiger partial charge in [0.05, 0.1) is 6.54 Å². The molecule has 1 aliphatic rings. The molecule has 23 heavy (non-hydrogen) atoms. The van der Waals surface area contributed by atoms with E-state index in [0.29, 0.717) is 12.6 Å². The maximum absolute atomic E-state index is 12.0. The third kappa shape index (κ3) is 8.24. The first-order valence-corrected chi connectivity index (χ1v) is 8.73.